The van der Waals surface area contributed by atoms with Crippen LogP contribution in [-0.4, -0.2) is 18.9 Å². The number of rotatable bonds is 4. The topological polar surface area (TPSA) is 80.7 Å². The third-order valence-corrected chi connectivity index (χ3v) is 2.64. The molecule has 0 aliphatic rings. The molecule has 0 aliphatic heterocycles. The van der Waals surface area contributed by atoms with E-state index >= 15 is 0 Å². The van der Waals surface area contributed by atoms with E-state index in [0.29, 0.717) is 0 Å². The van der Waals surface area contributed by atoms with Gasteiger partial charge >= 0.3 is 16.1 Å². The second-order valence-corrected chi connectivity index (χ2v) is 4.36. The summed E-state index contributed by atoms with van der Waals surface area (Å²) in [6, 6.07) is 7.65. The molecule has 5 nitrogen and oxygen atoms in total. The zero-order chi connectivity index (χ0) is 12.2. The SMILES string of the molecule is C=CC(=O)OC(c1ccccc1)S(=O)(=O)O. The first-order chi connectivity index (χ1) is 7.45. The lowest BCUT2D eigenvalue weighted by molar-refractivity contribution is -0.140. The highest BCUT2D eigenvalue weighted by molar-refractivity contribution is 7.85. The van der Waals surface area contributed by atoms with Crippen molar-refractivity contribution < 1.29 is 22.5 Å². The van der Waals surface area contributed by atoms with Crippen molar-refractivity contribution in [2.75, 3.05) is 0 Å². The van der Waals surface area contributed by atoms with Gasteiger partial charge in [0.1, 0.15) is 0 Å². The Morgan fingerprint density at radius 2 is 1.94 bits per heavy atom. The molecule has 86 valence electrons. The summed E-state index contributed by atoms with van der Waals surface area (Å²) < 4.78 is 35.5. The van der Waals surface area contributed by atoms with Crippen molar-refractivity contribution in [2.45, 2.75) is 5.44 Å². The summed E-state index contributed by atoms with van der Waals surface area (Å²) in [7, 11) is -4.51. The highest BCUT2D eigenvalue weighted by atomic mass is 32.2. The fourth-order valence-electron chi connectivity index (χ4n) is 1.06. The number of carbonyl (C=O) groups is 1. The number of carbonyl (C=O) groups excluding carboxylic acids is 1. The van der Waals surface area contributed by atoms with Crippen molar-refractivity contribution in [2.24, 2.45) is 0 Å². The summed E-state index contributed by atoms with van der Waals surface area (Å²) in [5.74, 6) is -0.925. The maximum atomic E-state index is 11.0. The van der Waals surface area contributed by atoms with Gasteiger partial charge in [-0.1, -0.05) is 36.9 Å². The lowest BCUT2D eigenvalue weighted by Gasteiger charge is -2.13. The zero-order valence-corrected chi connectivity index (χ0v) is 9.05. The van der Waals surface area contributed by atoms with Crippen LogP contribution in [0, 0.1) is 0 Å². The molecule has 1 aromatic rings. The zero-order valence-electron chi connectivity index (χ0n) is 8.24. The minimum absolute atomic E-state index is 0.167. The van der Waals surface area contributed by atoms with E-state index in [9.17, 15) is 13.2 Å². The fraction of sp³-hybridized carbons (Fsp3) is 0.100. The van der Waals surface area contributed by atoms with E-state index in [1.165, 1.54) is 12.1 Å². The van der Waals surface area contributed by atoms with Crippen molar-refractivity contribution in [1.29, 1.82) is 0 Å². The number of benzene rings is 1. The van der Waals surface area contributed by atoms with E-state index in [0.717, 1.165) is 6.08 Å². The Morgan fingerprint density at radius 1 is 1.38 bits per heavy atom. The average Bonchev–Trinajstić information content (AvgIpc) is 2.25. The largest absolute Gasteiger partial charge is 0.435 e. The predicted molar refractivity (Wildman–Crippen MR) is 57.0 cm³/mol. The summed E-state index contributed by atoms with van der Waals surface area (Å²) in [6.45, 7) is 3.14. The molecule has 1 rings (SSSR count). The number of ether oxygens (including phenoxy) is 1. The third kappa shape index (κ3) is 3.18. The van der Waals surface area contributed by atoms with Crippen LogP contribution in [0.3, 0.4) is 0 Å². The first-order valence-electron chi connectivity index (χ1n) is 4.29. The van der Waals surface area contributed by atoms with Crippen molar-refractivity contribution in [1.82, 2.24) is 0 Å². The Bertz CT molecular complexity index is 477. The lowest BCUT2D eigenvalue weighted by Crippen LogP contribution is -2.18. The van der Waals surface area contributed by atoms with Gasteiger partial charge in [0.2, 0.25) is 0 Å². The van der Waals surface area contributed by atoms with Gasteiger partial charge in [0.15, 0.2) is 0 Å². The second kappa shape index (κ2) is 4.91. The number of esters is 1. The van der Waals surface area contributed by atoms with Crippen LogP contribution in [0.4, 0.5) is 0 Å². The quantitative estimate of drug-likeness (QED) is 0.489. The van der Waals surface area contributed by atoms with Crippen LogP contribution in [0.1, 0.15) is 11.0 Å². The fourth-order valence-corrected chi connectivity index (χ4v) is 1.78. The van der Waals surface area contributed by atoms with Gasteiger partial charge in [-0.2, -0.15) is 8.42 Å². The maximum Gasteiger partial charge on any atom is 0.331 e. The van der Waals surface area contributed by atoms with Crippen molar-refractivity contribution in [3.05, 3.63) is 48.6 Å². The van der Waals surface area contributed by atoms with E-state index in [1.54, 1.807) is 18.2 Å². The average molecular weight is 242 g/mol. The smallest absolute Gasteiger partial charge is 0.331 e. The summed E-state index contributed by atoms with van der Waals surface area (Å²) in [5.41, 5.74) is -1.56. The monoisotopic (exact) mass is 242 g/mol. The molecule has 0 aliphatic carbocycles. The van der Waals surface area contributed by atoms with Crippen molar-refractivity contribution in [3.63, 3.8) is 0 Å². The molecule has 0 saturated heterocycles. The first-order valence-corrected chi connectivity index (χ1v) is 5.80. The minimum Gasteiger partial charge on any atom is -0.435 e. The summed E-state index contributed by atoms with van der Waals surface area (Å²) >= 11 is 0. The molecule has 1 atom stereocenters. The standard InChI is InChI=1S/C10H10O5S/c1-2-9(11)15-10(16(12,13)14)8-6-4-3-5-7-8/h2-7,10H,1H2,(H,12,13,14). The predicted octanol–water partition coefficient (Wildman–Crippen LogP) is 1.30. The van der Waals surface area contributed by atoms with Gasteiger partial charge in [-0.05, 0) is 0 Å². The van der Waals surface area contributed by atoms with E-state index in [1.807, 2.05) is 0 Å². The minimum atomic E-state index is -4.51. The molecular formula is C10H10O5S. The van der Waals surface area contributed by atoms with Crippen LogP contribution in [-0.2, 0) is 19.6 Å². The molecule has 1 aromatic carbocycles. The van der Waals surface area contributed by atoms with Gasteiger partial charge in [0.25, 0.3) is 5.44 Å². The van der Waals surface area contributed by atoms with Gasteiger partial charge < -0.3 is 4.74 Å². The molecule has 0 saturated carbocycles. The second-order valence-electron chi connectivity index (χ2n) is 2.90. The van der Waals surface area contributed by atoms with Gasteiger partial charge in [0, 0.05) is 11.6 Å². The van der Waals surface area contributed by atoms with Gasteiger partial charge in [-0.3, -0.25) is 4.55 Å². The molecule has 0 fully saturated rings. The first kappa shape index (κ1) is 12.4. The van der Waals surface area contributed by atoms with E-state index in [4.69, 9.17) is 4.55 Å². The molecule has 6 heteroatoms. The van der Waals surface area contributed by atoms with Gasteiger partial charge in [-0.25, -0.2) is 4.79 Å². The van der Waals surface area contributed by atoms with Crippen LogP contribution < -0.4 is 0 Å². The maximum absolute atomic E-state index is 11.0. The molecule has 16 heavy (non-hydrogen) atoms. The van der Waals surface area contributed by atoms with Crippen LogP contribution in [0.25, 0.3) is 0 Å². The third-order valence-electron chi connectivity index (χ3n) is 1.73. The molecule has 0 aromatic heterocycles. The lowest BCUT2D eigenvalue weighted by atomic mass is 10.2. The Morgan fingerprint density at radius 3 is 2.38 bits per heavy atom. The van der Waals surface area contributed by atoms with Crippen LogP contribution in [0.15, 0.2) is 43.0 Å². The van der Waals surface area contributed by atoms with Crippen molar-refractivity contribution in [3.8, 4) is 0 Å². The van der Waals surface area contributed by atoms with Gasteiger partial charge in [-0.15, -0.1) is 0 Å². The Labute approximate surface area is 93.1 Å². The molecule has 0 amide bonds. The molecule has 0 radical (unpaired) electrons. The summed E-state index contributed by atoms with van der Waals surface area (Å²) in [6.07, 6.45) is 0.821. The normalized spacial score (nSPS) is 12.8. The van der Waals surface area contributed by atoms with E-state index < -0.39 is 21.5 Å². The Hall–Kier alpha value is -1.66. The van der Waals surface area contributed by atoms with Crippen LogP contribution >= 0.6 is 0 Å². The summed E-state index contributed by atoms with van der Waals surface area (Å²) in [5, 5.41) is 0. The molecule has 1 N–H and O–H groups in total. The van der Waals surface area contributed by atoms with Crippen LogP contribution in [0.2, 0.25) is 0 Å². The molecule has 0 bridgehead atoms. The molecule has 0 spiro atoms. The van der Waals surface area contributed by atoms with Gasteiger partial charge in [0.05, 0.1) is 0 Å². The Kier molecular flexibility index (Phi) is 3.81. The number of hydrogen-bond donors (Lipinski definition) is 1. The van der Waals surface area contributed by atoms with Crippen molar-refractivity contribution >= 4 is 16.1 Å². The highest BCUT2D eigenvalue weighted by Gasteiger charge is 2.28. The van der Waals surface area contributed by atoms with E-state index in [-0.39, 0.29) is 5.56 Å². The van der Waals surface area contributed by atoms with Crippen LogP contribution in [0.5, 0.6) is 0 Å². The summed E-state index contributed by atoms with van der Waals surface area (Å²) in [4.78, 5) is 10.9. The highest BCUT2D eigenvalue weighted by Crippen LogP contribution is 2.22. The Balaban J connectivity index is 3.07. The molecular weight excluding hydrogens is 232 g/mol. The molecule has 0 heterocycles. The number of hydrogen-bond acceptors (Lipinski definition) is 4. The molecule has 1 unspecified atom stereocenters. The van der Waals surface area contributed by atoms with E-state index in [2.05, 4.69) is 11.3 Å².